The highest BCUT2D eigenvalue weighted by Crippen LogP contribution is 2.03. The molecule has 0 radical (unpaired) electrons. The fraction of sp³-hybridized carbons (Fsp3) is 0. The molecule has 2 aromatic rings. The Morgan fingerprint density at radius 3 is 2.80 bits per heavy atom. The van der Waals surface area contributed by atoms with Crippen molar-refractivity contribution in [2.24, 2.45) is 0 Å². The zero-order valence-electron chi connectivity index (χ0n) is 7.22. The van der Waals surface area contributed by atoms with Gasteiger partial charge in [-0.15, -0.1) is 0 Å². The molecule has 2 rings (SSSR count). The van der Waals surface area contributed by atoms with Crippen molar-refractivity contribution < 1.29 is 9.90 Å². The van der Waals surface area contributed by atoms with Crippen molar-refractivity contribution in [2.75, 3.05) is 0 Å². The lowest BCUT2D eigenvalue weighted by Crippen LogP contribution is -2.22. The van der Waals surface area contributed by atoms with E-state index in [2.05, 4.69) is 9.97 Å². The summed E-state index contributed by atoms with van der Waals surface area (Å²) < 4.78 is 1.04. The molecule has 0 aromatic carbocycles. The summed E-state index contributed by atoms with van der Waals surface area (Å²) in [6, 6.07) is 0. The molecule has 0 aliphatic heterocycles. The summed E-state index contributed by atoms with van der Waals surface area (Å²) in [5.41, 5.74) is -0.846. The van der Waals surface area contributed by atoms with E-state index in [0.717, 1.165) is 10.6 Å². The first-order valence-corrected chi connectivity index (χ1v) is 4.23. The molecule has 0 saturated heterocycles. The molecular formula is C8H4ClN3O3. The number of carboxylic acids is 1. The van der Waals surface area contributed by atoms with Crippen molar-refractivity contribution in [3.8, 4) is 0 Å². The van der Waals surface area contributed by atoms with Crippen LogP contribution in [0.5, 0.6) is 0 Å². The summed E-state index contributed by atoms with van der Waals surface area (Å²) in [5.74, 6) is -1.32. The van der Waals surface area contributed by atoms with E-state index in [0.29, 0.717) is 0 Å². The lowest BCUT2D eigenvalue weighted by Gasteiger charge is -2.00. The second-order valence-corrected chi connectivity index (χ2v) is 3.11. The molecule has 2 heterocycles. The topological polar surface area (TPSA) is 84.6 Å². The Balaban J connectivity index is 2.89. The molecule has 0 fully saturated rings. The average molecular weight is 226 g/mol. The number of rotatable bonds is 1. The first kappa shape index (κ1) is 9.60. The van der Waals surface area contributed by atoms with Crippen molar-refractivity contribution in [2.45, 2.75) is 0 Å². The van der Waals surface area contributed by atoms with Crippen molar-refractivity contribution >= 4 is 23.2 Å². The molecule has 76 valence electrons. The highest BCUT2D eigenvalue weighted by atomic mass is 35.5. The third-order valence-corrected chi connectivity index (χ3v) is 1.99. The fourth-order valence-corrected chi connectivity index (χ4v) is 1.25. The maximum absolute atomic E-state index is 11.6. The number of fused-ring (bicyclic) bond motifs is 1. The number of carboxylic acid groups (broad SMARTS) is 1. The number of carbonyl (C=O) groups is 1. The van der Waals surface area contributed by atoms with E-state index in [4.69, 9.17) is 16.7 Å². The van der Waals surface area contributed by atoms with E-state index in [1.807, 2.05) is 0 Å². The predicted octanol–water partition coefficient (Wildman–Crippen LogP) is 0.441. The van der Waals surface area contributed by atoms with Crippen LogP contribution >= 0.6 is 11.6 Å². The van der Waals surface area contributed by atoms with E-state index >= 15 is 0 Å². The lowest BCUT2D eigenvalue weighted by atomic mass is 10.3. The first-order chi connectivity index (χ1) is 7.09. The van der Waals surface area contributed by atoms with Crippen LogP contribution in [0.15, 0.2) is 23.4 Å². The molecule has 0 aliphatic rings. The quantitative estimate of drug-likeness (QED) is 0.761. The molecule has 15 heavy (non-hydrogen) atoms. The Morgan fingerprint density at radius 2 is 2.13 bits per heavy atom. The van der Waals surface area contributed by atoms with Crippen molar-refractivity contribution in [3.63, 3.8) is 0 Å². The standard InChI is InChI=1S/C8H4ClN3O3/c9-5-3-12-6(2-10-5)11-1-4(7(12)13)8(14)15/h1-3H,(H,14,15). The largest absolute Gasteiger partial charge is 0.477 e. The Bertz CT molecular complexity index is 608. The molecule has 2 aromatic heterocycles. The van der Waals surface area contributed by atoms with Gasteiger partial charge >= 0.3 is 5.97 Å². The number of aromatic nitrogens is 3. The minimum atomic E-state index is -1.32. The van der Waals surface area contributed by atoms with E-state index in [9.17, 15) is 9.59 Å². The summed E-state index contributed by atoms with van der Waals surface area (Å²) in [4.78, 5) is 29.7. The van der Waals surface area contributed by atoms with Crippen LogP contribution in [-0.2, 0) is 0 Å². The van der Waals surface area contributed by atoms with Gasteiger partial charge in [0, 0.05) is 6.20 Å². The Hall–Kier alpha value is -1.95. The van der Waals surface area contributed by atoms with Gasteiger partial charge in [-0.25, -0.2) is 14.8 Å². The van der Waals surface area contributed by atoms with Gasteiger partial charge in [-0.05, 0) is 0 Å². The molecular weight excluding hydrogens is 222 g/mol. The number of halogens is 1. The van der Waals surface area contributed by atoms with Gasteiger partial charge in [0.1, 0.15) is 10.7 Å². The third kappa shape index (κ3) is 1.55. The summed E-state index contributed by atoms with van der Waals surface area (Å²) in [7, 11) is 0. The number of aromatic carboxylic acids is 1. The van der Waals surface area contributed by atoms with Crippen LogP contribution in [0, 0.1) is 0 Å². The highest BCUT2D eigenvalue weighted by Gasteiger charge is 2.11. The SMILES string of the molecule is O=C(O)c1cnc2cnc(Cl)cn2c1=O. The second kappa shape index (κ2) is 3.32. The average Bonchev–Trinajstić information content (AvgIpc) is 2.19. The molecule has 1 N–H and O–H groups in total. The van der Waals surface area contributed by atoms with Crippen molar-refractivity contribution in [1.29, 1.82) is 0 Å². The number of nitrogens with zero attached hydrogens (tertiary/aromatic N) is 3. The Kier molecular flexibility index (Phi) is 2.12. The molecule has 0 amide bonds. The van der Waals surface area contributed by atoms with Crippen LogP contribution < -0.4 is 5.56 Å². The normalized spacial score (nSPS) is 10.5. The number of hydrogen-bond acceptors (Lipinski definition) is 4. The molecule has 0 unspecified atom stereocenters. The van der Waals surface area contributed by atoms with Crippen LogP contribution in [0.1, 0.15) is 10.4 Å². The summed E-state index contributed by atoms with van der Waals surface area (Å²) in [6.45, 7) is 0. The van der Waals surface area contributed by atoms with Gasteiger partial charge in [0.25, 0.3) is 5.56 Å². The zero-order valence-corrected chi connectivity index (χ0v) is 7.97. The Morgan fingerprint density at radius 1 is 1.40 bits per heavy atom. The van der Waals surface area contributed by atoms with Gasteiger partial charge in [-0.2, -0.15) is 0 Å². The monoisotopic (exact) mass is 225 g/mol. The molecule has 0 aliphatic carbocycles. The highest BCUT2D eigenvalue weighted by molar-refractivity contribution is 6.29. The zero-order chi connectivity index (χ0) is 11.0. The second-order valence-electron chi connectivity index (χ2n) is 2.72. The van der Waals surface area contributed by atoms with Crippen LogP contribution in [0.3, 0.4) is 0 Å². The number of hydrogen-bond donors (Lipinski definition) is 1. The third-order valence-electron chi connectivity index (χ3n) is 1.79. The van der Waals surface area contributed by atoms with Crippen molar-refractivity contribution in [1.82, 2.24) is 14.4 Å². The fourth-order valence-electron chi connectivity index (χ4n) is 1.11. The van der Waals surface area contributed by atoms with Gasteiger partial charge in [0.05, 0.1) is 12.4 Å². The molecule has 0 spiro atoms. The molecule has 0 bridgehead atoms. The van der Waals surface area contributed by atoms with E-state index in [-0.39, 0.29) is 10.8 Å². The van der Waals surface area contributed by atoms with Gasteiger partial charge in [0.15, 0.2) is 5.65 Å². The van der Waals surface area contributed by atoms with Crippen LogP contribution in [0.4, 0.5) is 0 Å². The van der Waals surface area contributed by atoms with Crippen LogP contribution in [0.2, 0.25) is 5.15 Å². The Labute approximate surface area is 87.8 Å². The van der Waals surface area contributed by atoms with Crippen molar-refractivity contribution in [3.05, 3.63) is 39.7 Å². The summed E-state index contributed by atoms with van der Waals surface area (Å²) in [6.07, 6.45) is 3.50. The molecule has 6 nitrogen and oxygen atoms in total. The van der Waals surface area contributed by atoms with Gasteiger partial charge in [0.2, 0.25) is 0 Å². The lowest BCUT2D eigenvalue weighted by molar-refractivity contribution is 0.0694. The summed E-state index contributed by atoms with van der Waals surface area (Å²) in [5, 5.41) is 8.78. The van der Waals surface area contributed by atoms with E-state index < -0.39 is 17.1 Å². The maximum atomic E-state index is 11.6. The van der Waals surface area contributed by atoms with Gasteiger partial charge < -0.3 is 5.11 Å². The summed E-state index contributed by atoms with van der Waals surface area (Å²) >= 11 is 5.58. The minimum Gasteiger partial charge on any atom is -0.477 e. The van der Waals surface area contributed by atoms with Crippen LogP contribution in [0.25, 0.3) is 5.65 Å². The molecule has 0 saturated carbocycles. The van der Waals surface area contributed by atoms with Gasteiger partial charge in [-0.3, -0.25) is 9.20 Å². The smallest absolute Gasteiger partial charge is 0.342 e. The maximum Gasteiger partial charge on any atom is 0.342 e. The first-order valence-electron chi connectivity index (χ1n) is 3.86. The van der Waals surface area contributed by atoms with Crippen LogP contribution in [-0.4, -0.2) is 25.4 Å². The molecule has 0 atom stereocenters. The van der Waals surface area contributed by atoms with Gasteiger partial charge in [-0.1, -0.05) is 11.6 Å². The van der Waals surface area contributed by atoms with E-state index in [1.54, 1.807) is 0 Å². The van der Waals surface area contributed by atoms with E-state index in [1.165, 1.54) is 12.4 Å². The predicted molar refractivity (Wildman–Crippen MR) is 51.2 cm³/mol. The minimum absolute atomic E-state index is 0.0916. The molecule has 7 heteroatoms.